The zero-order chi connectivity index (χ0) is 23.8. The van der Waals surface area contributed by atoms with E-state index < -0.39 is 11.9 Å². The quantitative estimate of drug-likeness (QED) is 0.219. The van der Waals surface area contributed by atoms with Crippen LogP contribution in [0.4, 0.5) is 0 Å². The maximum atomic E-state index is 12.8. The first-order valence-electron chi connectivity index (χ1n) is 9.77. The van der Waals surface area contributed by atoms with Gasteiger partial charge in [0.15, 0.2) is 17.2 Å². The topological polar surface area (TPSA) is 83.4 Å². The van der Waals surface area contributed by atoms with Gasteiger partial charge in [0.05, 0.1) is 16.1 Å². The Morgan fingerprint density at radius 1 is 1.03 bits per heavy atom. The first-order valence-corrected chi connectivity index (χ1v) is 11.3. The molecule has 0 spiro atoms. The normalized spacial score (nSPS) is 15.3. The Kier molecular flexibility index (Phi) is 6.03. The predicted molar refractivity (Wildman–Crippen MR) is 129 cm³/mol. The maximum absolute atomic E-state index is 12.8. The van der Waals surface area contributed by atoms with Crippen LogP contribution in [0.5, 0.6) is 17.2 Å². The van der Waals surface area contributed by atoms with Crippen molar-refractivity contribution in [1.82, 2.24) is 0 Å². The average molecular weight is 561 g/mol. The Balaban J connectivity index is 1.45. The summed E-state index contributed by atoms with van der Waals surface area (Å²) in [6, 6.07) is 14.5. The lowest BCUT2D eigenvalue weighted by Gasteiger charge is -2.09. The third-order valence-electron chi connectivity index (χ3n) is 4.86. The molecule has 3 aromatic carbocycles. The van der Waals surface area contributed by atoms with Crippen molar-refractivity contribution in [3.63, 3.8) is 0 Å². The molecular formula is C24H12BrCl2NO6. The van der Waals surface area contributed by atoms with Gasteiger partial charge in [0.1, 0.15) is 5.75 Å². The lowest BCUT2D eigenvalue weighted by atomic mass is 10.1. The molecule has 0 atom stereocenters. The number of rotatable bonds is 4. The molecular weight excluding hydrogens is 549 g/mol. The van der Waals surface area contributed by atoms with Gasteiger partial charge in [-0.3, -0.25) is 0 Å². The van der Waals surface area contributed by atoms with Crippen LogP contribution in [-0.2, 0) is 9.53 Å². The number of hydrogen-bond acceptors (Lipinski definition) is 7. The van der Waals surface area contributed by atoms with Crippen molar-refractivity contribution in [3.8, 4) is 17.2 Å². The van der Waals surface area contributed by atoms with E-state index in [1.165, 1.54) is 12.1 Å². The van der Waals surface area contributed by atoms with E-state index in [0.29, 0.717) is 37.1 Å². The molecule has 0 aromatic heterocycles. The minimum Gasteiger partial charge on any atom is -0.454 e. The smallest absolute Gasteiger partial charge is 0.363 e. The highest BCUT2D eigenvalue weighted by atomic mass is 79.9. The van der Waals surface area contributed by atoms with Crippen molar-refractivity contribution in [1.29, 1.82) is 0 Å². The Hall–Kier alpha value is -3.33. The number of aliphatic imine (C=N–C) groups is 1. The Bertz CT molecular complexity index is 1420. The predicted octanol–water partition coefficient (Wildman–Crippen LogP) is 6.05. The van der Waals surface area contributed by atoms with Crippen molar-refractivity contribution >= 4 is 63.0 Å². The Labute approximate surface area is 211 Å². The number of fused-ring (bicyclic) bond motifs is 1. The number of hydrogen-bond donors (Lipinski definition) is 0. The molecule has 0 N–H and O–H groups in total. The largest absolute Gasteiger partial charge is 0.454 e. The Morgan fingerprint density at radius 2 is 1.85 bits per heavy atom. The Morgan fingerprint density at radius 3 is 2.68 bits per heavy atom. The van der Waals surface area contributed by atoms with E-state index in [9.17, 15) is 9.59 Å². The number of benzene rings is 3. The molecule has 0 amide bonds. The van der Waals surface area contributed by atoms with Gasteiger partial charge in [-0.1, -0.05) is 39.1 Å². The zero-order valence-corrected chi connectivity index (χ0v) is 20.1. The molecule has 7 nitrogen and oxygen atoms in total. The second-order valence-electron chi connectivity index (χ2n) is 7.10. The van der Waals surface area contributed by atoms with Crippen molar-refractivity contribution in [2.24, 2.45) is 4.99 Å². The number of esters is 2. The van der Waals surface area contributed by atoms with Gasteiger partial charge in [-0.2, -0.15) is 0 Å². The molecule has 2 aliphatic rings. The number of carbonyl (C=O) groups is 2. The summed E-state index contributed by atoms with van der Waals surface area (Å²) < 4.78 is 22.2. The fourth-order valence-corrected chi connectivity index (χ4v) is 4.11. The van der Waals surface area contributed by atoms with E-state index in [1.807, 2.05) is 0 Å². The standard InChI is InChI=1S/C24H12BrCl2NO6/c25-14-2-6-19(33-23(29)12-1-5-20-21(9-12)32-11-31-20)13(7-14)8-18-24(30)34-22(28-18)16-4-3-15(26)10-17(16)27/h1-10H,11H2/b18-8-. The van der Waals surface area contributed by atoms with Crippen molar-refractivity contribution < 1.29 is 28.5 Å². The fourth-order valence-electron chi connectivity index (χ4n) is 3.24. The zero-order valence-electron chi connectivity index (χ0n) is 17.0. The number of cyclic esters (lactones) is 1. The monoisotopic (exact) mass is 559 g/mol. The molecule has 10 heteroatoms. The molecule has 5 rings (SSSR count). The van der Waals surface area contributed by atoms with E-state index >= 15 is 0 Å². The highest BCUT2D eigenvalue weighted by Crippen LogP contribution is 2.34. The SMILES string of the molecule is O=C1OC(c2ccc(Cl)cc2Cl)=N/C1=C\c1cc(Br)ccc1OC(=O)c1ccc2c(c1)OCO2. The third kappa shape index (κ3) is 4.52. The first-order chi connectivity index (χ1) is 16.4. The van der Waals surface area contributed by atoms with E-state index in [2.05, 4.69) is 20.9 Å². The van der Waals surface area contributed by atoms with Crippen LogP contribution in [0, 0.1) is 0 Å². The molecule has 0 saturated heterocycles. The molecule has 0 fully saturated rings. The van der Waals surface area contributed by atoms with Gasteiger partial charge in [-0.25, -0.2) is 14.6 Å². The lowest BCUT2D eigenvalue weighted by Crippen LogP contribution is -2.09. The summed E-state index contributed by atoms with van der Waals surface area (Å²) in [6.45, 7) is 0.0953. The number of nitrogens with zero attached hydrogens (tertiary/aromatic N) is 1. The lowest BCUT2D eigenvalue weighted by molar-refractivity contribution is -0.129. The number of ether oxygens (including phenoxy) is 4. The van der Waals surface area contributed by atoms with Crippen LogP contribution < -0.4 is 14.2 Å². The van der Waals surface area contributed by atoms with Crippen LogP contribution in [0.25, 0.3) is 6.08 Å². The summed E-state index contributed by atoms with van der Waals surface area (Å²) in [7, 11) is 0. The van der Waals surface area contributed by atoms with Crippen LogP contribution in [0.15, 0.2) is 69.8 Å². The first kappa shape index (κ1) is 22.5. The van der Waals surface area contributed by atoms with Crippen LogP contribution in [-0.4, -0.2) is 24.6 Å². The van der Waals surface area contributed by atoms with Crippen LogP contribution >= 0.6 is 39.1 Å². The van der Waals surface area contributed by atoms with E-state index in [1.54, 1.807) is 48.5 Å². The average Bonchev–Trinajstić information content (AvgIpc) is 3.41. The summed E-state index contributed by atoms with van der Waals surface area (Å²) in [5, 5.41) is 0.735. The number of carbonyl (C=O) groups excluding carboxylic acids is 2. The molecule has 0 bridgehead atoms. The highest BCUT2D eigenvalue weighted by Gasteiger charge is 2.26. The number of halogens is 3. The summed E-state index contributed by atoms with van der Waals surface area (Å²) in [5.74, 6) is 0.00968. The van der Waals surface area contributed by atoms with Crippen LogP contribution in [0.2, 0.25) is 10.0 Å². The van der Waals surface area contributed by atoms with E-state index in [0.717, 1.165) is 0 Å². The summed E-state index contributed by atoms with van der Waals surface area (Å²) >= 11 is 15.5. The maximum Gasteiger partial charge on any atom is 0.363 e. The third-order valence-corrected chi connectivity index (χ3v) is 5.90. The van der Waals surface area contributed by atoms with Crippen molar-refractivity contribution in [2.45, 2.75) is 0 Å². The fraction of sp³-hybridized carbons (Fsp3) is 0.0417. The molecule has 34 heavy (non-hydrogen) atoms. The molecule has 0 aliphatic carbocycles. The van der Waals surface area contributed by atoms with Gasteiger partial charge in [0.25, 0.3) is 0 Å². The second-order valence-corrected chi connectivity index (χ2v) is 8.86. The molecule has 0 saturated carbocycles. The van der Waals surface area contributed by atoms with Crippen molar-refractivity contribution in [2.75, 3.05) is 6.79 Å². The van der Waals surface area contributed by atoms with E-state index in [4.69, 9.17) is 42.1 Å². The molecule has 3 aromatic rings. The van der Waals surface area contributed by atoms with Gasteiger partial charge >= 0.3 is 11.9 Å². The molecule has 0 radical (unpaired) electrons. The van der Waals surface area contributed by atoms with Gasteiger partial charge in [0, 0.05) is 15.1 Å². The van der Waals surface area contributed by atoms with Crippen LogP contribution in [0.1, 0.15) is 21.5 Å². The van der Waals surface area contributed by atoms with Gasteiger partial charge in [-0.15, -0.1) is 0 Å². The van der Waals surface area contributed by atoms with E-state index in [-0.39, 0.29) is 29.7 Å². The van der Waals surface area contributed by atoms with Gasteiger partial charge in [0.2, 0.25) is 12.7 Å². The second kappa shape index (κ2) is 9.13. The minimum absolute atomic E-state index is 0.0134. The highest BCUT2D eigenvalue weighted by molar-refractivity contribution is 9.10. The summed E-state index contributed by atoms with van der Waals surface area (Å²) in [4.78, 5) is 29.5. The summed E-state index contributed by atoms with van der Waals surface area (Å²) in [5.41, 5.74) is 1.15. The summed E-state index contributed by atoms with van der Waals surface area (Å²) in [6.07, 6.45) is 1.46. The molecule has 0 unspecified atom stereocenters. The van der Waals surface area contributed by atoms with Crippen LogP contribution in [0.3, 0.4) is 0 Å². The van der Waals surface area contributed by atoms with Gasteiger partial charge < -0.3 is 18.9 Å². The van der Waals surface area contributed by atoms with Gasteiger partial charge in [-0.05, 0) is 60.7 Å². The molecule has 170 valence electrons. The minimum atomic E-state index is -0.672. The molecule has 2 aliphatic heterocycles. The molecule has 2 heterocycles. The van der Waals surface area contributed by atoms with Crippen molar-refractivity contribution in [3.05, 3.63) is 91.5 Å².